The van der Waals surface area contributed by atoms with Gasteiger partial charge in [0.15, 0.2) is 0 Å². The minimum Gasteiger partial charge on any atom is -0.508 e. The third kappa shape index (κ3) is 4.13. The Hall–Kier alpha value is -1.76. The van der Waals surface area contributed by atoms with Gasteiger partial charge >= 0.3 is 0 Å². The number of aromatic hydroxyl groups is 1. The van der Waals surface area contributed by atoms with E-state index in [1.165, 1.54) is 35.1 Å². The molecule has 0 unspecified atom stereocenters. The van der Waals surface area contributed by atoms with Crippen molar-refractivity contribution in [3.8, 4) is 5.75 Å². The van der Waals surface area contributed by atoms with Crippen LogP contribution in [0.2, 0.25) is 0 Å². The zero-order valence-corrected chi connectivity index (χ0v) is 11.8. The molecule has 0 aliphatic carbocycles. The molecule has 1 N–H and O–H groups in total. The molecule has 0 saturated heterocycles. The molecule has 0 spiro atoms. The summed E-state index contributed by atoms with van der Waals surface area (Å²) in [6.45, 7) is 4.34. The molecule has 0 aliphatic rings. The van der Waals surface area contributed by atoms with Crippen LogP contribution < -0.4 is 0 Å². The predicted molar refractivity (Wildman–Crippen MR) is 80.7 cm³/mol. The molecule has 2 rings (SSSR count). The lowest BCUT2D eigenvalue weighted by atomic mass is 9.99. The van der Waals surface area contributed by atoms with E-state index in [9.17, 15) is 5.11 Å². The highest BCUT2D eigenvalue weighted by Gasteiger charge is 1.99. The van der Waals surface area contributed by atoms with Crippen LogP contribution in [0.25, 0.3) is 0 Å². The van der Waals surface area contributed by atoms with Gasteiger partial charge in [-0.1, -0.05) is 35.9 Å². The lowest BCUT2D eigenvalue weighted by Gasteiger charge is -2.07. The van der Waals surface area contributed by atoms with Crippen molar-refractivity contribution in [1.82, 2.24) is 0 Å². The minimum atomic E-state index is 0.346. The van der Waals surface area contributed by atoms with E-state index in [1.807, 2.05) is 12.1 Å². The lowest BCUT2D eigenvalue weighted by molar-refractivity contribution is 0.475. The minimum absolute atomic E-state index is 0.346. The van der Waals surface area contributed by atoms with Crippen molar-refractivity contribution in [3.05, 3.63) is 64.7 Å². The van der Waals surface area contributed by atoms with Crippen molar-refractivity contribution in [2.24, 2.45) is 0 Å². The Bertz CT molecular complexity index is 526. The summed E-state index contributed by atoms with van der Waals surface area (Å²) < 4.78 is 0. The van der Waals surface area contributed by atoms with E-state index in [2.05, 4.69) is 32.0 Å². The summed E-state index contributed by atoms with van der Waals surface area (Å²) in [6, 6.07) is 14.3. The van der Waals surface area contributed by atoms with Gasteiger partial charge in [0, 0.05) is 0 Å². The number of hydrogen-bond donors (Lipinski definition) is 1. The molecule has 0 heterocycles. The first-order valence-corrected chi connectivity index (χ1v) is 6.99. The van der Waals surface area contributed by atoms with Crippen LogP contribution in [0.3, 0.4) is 0 Å². The Balaban J connectivity index is 1.79. The van der Waals surface area contributed by atoms with Crippen molar-refractivity contribution in [2.45, 2.75) is 39.5 Å². The molecule has 0 aliphatic heterocycles. The van der Waals surface area contributed by atoms with Crippen molar-refractivity contribution in [1.29, 1.82) is 0 Å². The van der Waals surface area contributed by atoms with E-state index in [-0.39, 0.29) is 0 Å². The number of aryl methyl sites for hydroxylation is 4. The van der Waals surface area contributed by atoms with Crippen molar-refractivity contribution < 1.29 is 5.11 Å². The van der Waals surface area contributed by atoms with Gasteiger partial charge in [-0.3, -0.25) is 0 Å². The van der Waals surface area contributed by atoms with Crippen LogP contribution >= 0.6 is 0 Å². The maximum Gasteiger partial charge on any atom is 0.115 e. The smallest absolute Gasteiger partial charge is 0.115 e. The molecule has 0 radical (unpaired) electrons. The maximum absolute atomic E-state index is 9.23. The Morgan fingerprint density at radius 1 is 0.842 bits per heavy atom. The molecule has 1 heteroatoms. The second kappa shape index (κ2) is 6.42. The predicted octanol–water partition coefficient (Wildman–Crippen LogP) is 4.57. The standard InChI is InChI=1S/C18H22O/c1-14-7-10-17(15(2)13-14)6-4-3-5-16-8-11-18(19)12-9-16/h7-13,19H,3-6H2,1-2H3. The van der Waals surface area contributed by atoms with E-state index in [0.29, 0.717) is 5.75 Å². The van der Waals surface area contributed by atoms with Crippen LogP contribution in [0.15, 0.2) is 42.5 Å². The molecule has 0 amide bonds. The normalized spacial score (nSPS) is 10.6. The van der Waals surface area contributed by atoms with E-state index >= 15 is 0 Å². The summed E-state index contributed by atoms with van der Waals surface area (Å²) in [5.41, 5.74) is 5.52. The molecular weight excluding hydrogens is 232 g/mol. The van der Waals surface area contributed by atoms with E-state index in [4.69, 9.17) is 0 Å². The van der Waals surface area contributed by atoms with E-state index in [0.717, 1.165) is 12.8 Å². The van der Waals surface area contributed by atoms with Crippen molar-refractivity contribution in [2.75, 3.05) is 0 Å². The van der Waals surface area contributed by atoms with Crippen LogP contribution in [0.5, 0.6) is 5.75 Å². The topological polar surface area (TPSA) is 20.2 Å². The van der Waals surface area contributed by atoms with Gasteiger partial charge in [0.05, 0.1) is 0 Å². The zero-order chi connectivity index (χ0) is 13.7. The number of rotatable bonds is 5. The van der Waals surface area contributed by atoms with Gasteiger partial charge in [-0.25, -0.2) is 0 Å². The highest BCUT2D eigenvalue weighted by atomic mass is 16.3. The highest BCUT2D eigenvalue weighted by molar-refractivity contribution is 5.30. The molecule has 2 aromatic rings. The van der Waals surface area contributed by atoms with Gasteiger partial charge < -0.3 is 5.11 Å². The summed E-state index contributed by atoms with van der Waals surface area (Å²) in [5.74, 6) is 0.346. The van der Waals surface area contributed by atoms with Gasteiger partial charge in [0.1, 0.15) is 5.75 Å². The van der Waals surface area contributed by atoms with E-state index < -0.39 is 0 Å². The Morgan fingerprint density at radius 3 is 2.21 bits per heavy atom. The molecule has 2 aromatic carbocycles. The summed E-state index contributed by atoms with van der Waals surface area (Å²) in [4.78, 5) is 0. The fraction of sp³-hybridized carbons (Fsp3) is 0.333. The van der Waals surface area contributed by atoms with Crippen LogP contribution in [-0.4, -0.2) is 5.11 Å². The fourth-order valence-electron chi connectivity index (χ4n) is 2.43. The average molecular weight is 254 g/mol. The van der Waals surface area contributed by atoms with Crippen LogP contribution in [0.1, 0.15) is 35.1 Å². The summed E-state index contributed by atoms with van der Waals surface area (Å²) in [5, 5.41) is 9.23. The molecule has 19 heavy (non-hydrogen) atoms. The molecule has 0 saturated carbocycles. The number of hydrogen-bond acceptors (Lipinski definition) is 1. The van der Waals surface area contributed by atoms with Gasteiger partial charge in [0.2, 0.25) is 0 Å². The van der Waals surface area contributed by atoms with Gasteiger partial charge in [-0.05, 0) is 68.4 Å². The van der Waals surface area contributed by atoms with Gasteiger partial charge in [-0.15, -0.1) is 0 Å². The molecular formula is C18H22O. The van der Waals surface area contributed by atoms with Crippen molar-refractivity contribution in [3.63, 3.8) is 0 Å². The van der Waals surface area contributed by atoms with Gasteiger partial charge in [-0.2, -0.15) is 0 Å². The second-order valence-electron chi connectivity index (χ2n) is 5.30. The third-order valence-corrected chi connectivity index (χ3v) is 3.60. The largest absolute Gasteiger partial charge is 0.508 e. The molecule has 100 valence electrons. The maximum atomic E-state index is 9.23. The first kappa shape index (κ1) is 13.7. The summed E-state index contributed by atoms with van der Waals surface area (Å²) >= 11 is 0. The number of benzene rings is 2. The fourth-order valence-corrected chi connectivity index (χ4v) is 2.43. The molecule has 1 nitrogen and oxygen atoms in total. The van der Waals surface area contributed by atoms with E-state index in [1.54, 1.807) is 12.1 Å². The first-order valence-electron chi connectivity index (χ1n) is 6.99. The highest BCUT2D eigenvalue weighted by Crippen LogP contribution is 2.15. The second-order valence-corrected chi connectivity index (χ2v) is 5.30. The lowest BCUT2D eigenvalue weighted by Crippen LogP contribution is -1.92. The first-order chi connectivity index (χ1) is 9.15. The molecule has 0 bridgehead atoms. The summed E-state index contributed by atoms with van der Waals surface area (Å²) in [7, 11) is 0. The molecule has 0 aromatic heterocycles. The monoisotopic (exact) mass is 254 g/mol. The van der Waals surface area contributed by atoms with Gasteiger partial charge in [0.25, 0.3) is 0 Å². The van der Waals surface area contributed by atoms with Crippen LogP contribution in [-0.2, 0) is 12.8 Å². The Morgan fingerprint density at radius 2 is 1.53 bits per heavy atom. The van der Waals surface area contributed by atoms with Crippen molar-refractivity contribution >= 4 is 0 Å². The molecule has 0 fully saturated rings. The number of phenolic OH excluding ortho intramolecular Hbond substituents is 1. The zero-order valence-electron chi connectivity index (χ0n) is 11.8. The number of unbranched alkanes of at least 4 members (excludes halogenated alkanes) is 1. The SMILES string of the molecule is Cc1ccc(CCCCc2ccc(O)cc2)c(C)c1. The van der Waals surface area contributed by atoms with Crippen LogP contribution in [0, 0.1) is 13.8 Å². The molecule has 0 atom stereocenters. The van der Waals surface area contributed by atoms with Crippen LogP contribution in [0.4, 0.5) is 0 Å². The third-order valence-electron chi connectivity index (χ3n) is 3.60. The average Bonchev–Trinajstić information content (AvgIpc) is 2.39. The number of phenols is 1. The quantitative estimate of drug-likeness (QED) is 0.775. The Labute approximate surface area is 115 Å². The Kier molecular flexibility index (Phi) is 4.62. The summed E-state index contributed by atoms with van der Waals surface area (Å²) in [6.07, 6.45) is 4.65.